The molecule has 1 saturated carbocycles. The van der Waals surface area contributed by atoms with E-state index < -0.39 is 0 Å². The predicted molar refractivity (Wildman–Crippen MR) is 75.2 cm³/mol. The lowest BCUT2D eigenvalue weighted by Crippen LogP contribution is -2.31. The Morgan fingerprint density at radius 3 is 2.79 bits per heavy atom. The maximum Gasteiger partial charge on any atom is 0.176 e. The molecule has 3 N–H and O–H groups in total. The van der Waals surface area contributed by atoms with Gasteiger partial charge in [-0.15, -0.1) is 0 Å². The number of carbonyl (C=O) groups excluding carboxylic acids is 1. The summed E-state index contributed by atoms with van der Waals surface area (Å²) < 4.78 is 0. The molecule has 0 spiro atoms. The normalized spacial score (nSPS) is 15.4. The zero-order valence-corrected chi connectivity index (χ0v) is 11.3. The molecule has 0 amide bonds. The van der Waals surface area contributed by atoms with Crippen molar-refractivity contribution in [1.82, 2.24) is 5.32 Å². The topological polar surface area (TPSA) is 78.9 Å². The van der Waals surface area contributed by atoms with Crippen LogP contribution in [0.15, 0.2) is 12.1 Å². The Hall–Kier alpha value is -1.57. The summed E-state index contributed by atoms with van der Waals surface area (Å²) >= 11 is 5.92. The molecule has 2 rings (SSSR count). The van der Waals surface area contributed by atoms with E-state index in [1.807, 2.05) is 6.07 Å². The van der Waals surface area contributed by atoms with Crippen molar-refractivity contribution in [2.75, 3.05) is 12.3 Å². The van der Waals surface area contributed by atoms with Gasteiger partial charge in [-0.1, -0.05) is 24.4 Å². The van der Waals surface area contributed by atoms with Gasteiger partial charge in [0.25, 0.3) is 0 Å². The number of benzene rings is 1. The highest BCUT2D eigenvalue weighted by Gasteiger charge is 2.17. The van der Waals surface area contributed by atoms with Crippen LogP contribution in [0.5, 0.6) is 0 Å². The maximum absolute atomic E-state index is 12.1. The molecule has 1 aromatic rings. The summed E-state index contributed by atoms with van der Waals surface area (Å²) in [6, 6.07) is 5.40. The van der Waals surface area contributed by atoms with Gasteiger partial charge in [-0.2, -0.15) is 5.26 Å². The number of carbonyl (C=O) groups is 1. The minimum Gasteiger partial charge on any atom is -0.396 e. The van der Waals surface area contributed by atoms with Crippen LogP contribution in [0.1, 0.15) is 41.6 Å². The van der Waals surface area contributed by atoms with Gasteiger partial charge in [-0.3, -0.25) is 4.79 Å². The van der Waals surface area contributed by atoms with Crippen molar-refractivity contribution in [1.29, 1.82) is 5.26 Å². The van der Waals surface area contributed by atoms with Crippen LogP contribution in [-0.4, -0.2) is 18.4 Å². The Morgan fingerprint density at radius 1 is 1.47 bits per heavy atom. The number of Topliss-reactive ketones (excluding diaryl/α,β-unsaturated/α-hetero) is 1. The number of nitrogens with zero attached hydrogens (tertiary/aromatic N) is 1. The number of nitriles is 1. The van der Waals surface area contributed by atoms with Crippen molar-refractivity contribution in [3.05, 3.63) is 28.3 Å². The van der Waals surface area contributed by atoms with E-state index in [9.17, 15) is 4.79 Å². The molecule has 1 aromatic carbocycles. The number of ketones is 1. The highest BCUT2D eigenvalue weighted by molar-refractivity contribution is 6.33. The van der Waals surface area contributed by atoms with Gasteiger partial charge in [0.15, 0.2) is 5.78 Å². The van der Waals surface area contributed by atoms with Crippen molar-refractivity contribution in [3.8, 4) is 6.07 Å². The minimum atomic E-state index is -0.0645. The molecule has 0 unspecified atom stereocenters. The first-order chi connectivity index (χ1) is 9.11. The minimum absolute atomic E-state index is 0.0645. The van der Waals surface area contributed by atoms with E-state index >= 15 is 0 Å². The first-order valence-corrected chi connectivity index (χ1v) is 6.75. The van der Waals surface area contributed by atoms with Crippen LogP contribution in [0.2, 0.25) is 5.02 Å². The molecule has 1 fully saturated rings. The molecule has 0 saturated heterocycles. The van der Waals surface area contributed by atoms with Crippen LogP contribution < -0.4 is 11.1 Å². The number of hydrogen-bond donors (Lipinski definition) is 2. The fourth-order valence-electron chi connectivity index (χ4n) is 2.34. The number of anilines is 1. The van der Waals surface area contributed by atoms with Crippen molar-refractivity contribution >= 4 is 23.1 Å². The molecule has 19 heavy (non-hydrogen) atoms. The van der Waals surface area contributed by atoms with Gasteiger partial charge in [-0.25, -0.2) is 0 Å². The maximum atomic E-state index is 12.1. The van der Waals surface area contributed by atoms with Gasteiger partial charge in [0.2, 0.25) is 0 Å². The zero-order chi connectivity index (χ0) is 13.8. The summed E-state index contributed by atoms with van der Waals surface area (Å²) in [5.41, 5.74) is 6.56. The molecule has 0 aliphatic heterocycles. The van der Waals surface area contributed by atoms with Crippen LogP contribution in [-0.2, 0) is 0 Å². The lowest BCUT2D eigenvalue weighted by molar-refractivity contribution is 0.0987. The number of nitrogens with two attached hydrogens (primary N) is 1. The second-order valence-corrected chi connectivity index (χ2v) is 5.22. The standard InChI is InChI=1S/C14H16ClN3O/c15-12-6-9(5-10(7-16)14(12)17)13(19)8-18-11-3-1-2-4-11/h5-6,11,18H,1-4,8,17H2. The third-order valence-corrected chi connectivity index (χ3v) is 3.79. The first-order valence-electron chi connectivity index (χ1n) is 6.37. The van der Waals surface area contributed by atoms with Gasteiger partial charge >= 0.3 is 0 Å². The molecule has 5 heteroatoms. The summed E-state index contributed by atoms with van der Waals surface area (Å²) in [5, 5.41) is 12.4. The molecule has 100 valence electrons. The van der Waals surface area contributed by atoms with Gasteiger partial charge in [0.05, 0.1) is 22.8 Å². The fourth-order valence-corrected chi connectivity index (χ4v) is 2.56. The Bertz CT molecular complexity index is 530. The number of rotatable bonds is 4. The van der Waals surface area contributed by atoms with Crippen molar-refractivity contribution in [2.45, 2.75) is 31.7 Å². The molecule has 0 bridgehead atoms. The Morgan fingerprint density at radius 2 is 2.16 bits per heavy atom. The van der Waals surface area contributed by atoms with E-state index in [4.69, 9.17) is 22.6 Å². The third kappa shape index (κ3) is 3.25. The van der Waals surface area contributed by atoms with Crippen molar-refractivity contribution < 1.29 is 4.79 Å². The second-order valence-electron chi connectivity index (χ2n) is 4.82. The molecule has 0 heterocycles. The van der Waals surface area contributed by atoms with E-state index in [1.165, 1.54) is 25.0 Å². The van der Waals surface area contributed by atoms with Gasteiger partial charge < -0.3 is 11.1 Å². The summed E-state index contributed by atoms with van der Waals surface area (Å²) in [6.45, 7) is 0.274. The largest absolute Gasteiger partial charge is 0.396 e. The lowest BCUT2D eigenvalue weighted by Gasteiger charge is -2.11. The average Bonchev–Trinajstić information content (AvgIpc) is 2.92. The quantitative estimate of drug-likeness (QED) is 0.655. The number of halogens is 1. The van der Waals surface area contributed by atoms with Gasteiger partial charge in [0.1, 0.15) is 6.07 Å². The summed E-state index contributed by atoms with van der Waals surface area (Å²) in [4.78, 5) is 12.1. The molecular weight excluding hydrogens is 262 g/mol. The number of nitrogens with one attached hydrogen (secondary N) is 1. The molecular formula is C14H16ClN3O. The SMILES string of the molecule is N#Cc1cc(C(=O)CNC2CCCC2)cc(Cl)c1N. The monoisotopic (exact) mass is 277 g/mol. The Kier molecular flexibility index (Phi) is 4.41. The van der Waals surface area contributed by atoms with Crippen LogP contribution in [0.25, 0.3) is 0 Å². The smallest absolute Gasteiger partial charge is 0.176 e. The molecule has 4 nitrogen and oxygen atoms in total. The third-order valence-electron chi connectivity index (χ3n) is 3.48. The van der Waals surface area contributed by atoms with E-state index in [0.717, 1.165) is 12.8 Å². The average molecular weight is 278 g/mol. The molecule has 1 aliphatic rings. The van der Waals surface area contributed by atoms with Crippen LogP contribution in [0.4, 0.5) is 5.69 Å². The van der Waals surface area contributed by atoms with Gasteiger partial charge in [0, 0.05) is 11.6 Å². The molecule has 0 atom stereocenters. The second kappa shape index (κ2) is 6.05. The van der Waals surface area contributed by atoms with Crippen LogP contribution in [0, 0.1) is 11.3 Å². The molecule has 1 aliphatic carbocycles. The fraction of sp³-hybridized carbons (Fsp3) is 0.429. The zero-order valence-electron chi connectivity index (χ0n) is 10.6. The number of nitrogen functional groups attached to an aromatic ring is 1. The van der Waals surface area contributed by atoms with Crippen molar-refractivity contribution in [3.63, 3.8) is 0 Å². The Balaban J connectivity index is 2.06. The summed E-state index contributed by atoms with van der Waals surface area (Å²) in [6.07, 6.45) is 4.69. The van der Waals surface area contributed by atoms with E-state index in [2.05, 4.69) is 5.32 Å². The summed E-state index contributed by atoms with van der Waals surface area (Å²) in [5.74, 6) is -0.0645. The highest BCUT2D eigenvalue weighted by atomic mass is 35.5. The molecule has 0 aromatic heterocycles. The lowest BCUT2D eigenvalue weighted by atomic mass is 10.1. The predicted octanol–water partition coefficient (Wildman–Crippen LogP) is 2.51. The van der Waals surface area contributed by atoms with E-state index in [1.54, 1.807) is 0 Å². The van der Waals surface area contributed by atoms with Crippen LogP contribution >= 0.6 is 11.6 Å². The van der Waals surface area contributed by atoms with E-state index in [-0.39, 0.29) is 28.6 Å². The van der Waals surface area contributed by atoms with Crippen LogP contribution in [0.3, 0.4) is 0 Å². The van der Waals surface area contributed by atoms with Crippen molar-refractivity contribution in [2.24, 2.45) is 0 Å². The summed E-state index contributed by atoms with van der Waals surface area (Å²) in [7, 11) is 0. The van der Waals surface area contributed by atoms with Gasteiger partial charge in [-0.05, 0) is 25.0 Å². The van der Waals surface area contributed by atoms with E-state index in [0.29, 0.717) is 11.6 Å². The molecule has 0 radical (unpaired) electrons. The highest BCUT2D eigenvalue weighted by Crippen LogP contribution is 2.24. The Labute approximate surface area is 117 Å². The first kappa shape index (κ1) is 13.9. The number of hydrogen-bond acceptors (Lipinski definition) is 4.